The summed E-state index contributed by atoms with van der Waals surface area (Å²) in [7, 11) is 1.52. The summed E-state index contributed by atoms with van der Waals surface area (Å²) in [6.45, 7) is 0. The fourth-order valence-corrected chi connectivity index (χ4v) is 2.59. The summed E-state index contributed by atoms with van der Waals surface area (Å²) in [6, 6.07) is 6.90. The third-order valence-electron chi connectivity index (χ3n) is 2.01. The molecule has 2 aromatic rings. The van der Waals surface area contributed by atoms with E-state index in [1.165, 1.54) is 18.9 Å². The molecule has 0 atom stereocenters. The predicted octanol–water partition coefficient (Wildman–Crippen LogP) is 3.53. The molecule has 1 aromatic carbocycles. The molecule has 0 aliphatic heterocycles. The van der Waals surface area contributed by atoms with E-state index in [0.29, 0.717) is 21.0 Å². The first-order valence-corrected chi connectivity index (χ1v) is 6.47. The average Bonchev–Trinajstić information content (AvgIpc) is 2.33. The molecule has 0 saturated carbocycles. The predicted molar refractivity (Wildman–Crippen MR) is 73.6 cm³/mol. The number of halogens is 2. The van der Waals surface area contributed by atoms with Crippen molar-refractivity contribution < 1.29 is 4.74 Å². The van der Waals surface area contributed by atoms with E-state index in [1.54, 1.807) is 24.3 Å². The number of nitrogens with zero attached hydrogens (tertiary/aromatic N) is 2. The Morgan fingerprint density at radius 1 is 1.22 bits per heavy atom. The Morgan fingerprint density at radius 2 is 2.00 bits per heavy atom. The normalized spacial score (nSPS) is 10.4. The summed E-state index contributed by atoms with van der Waals surface area (Å²) in [4.78, 5) is 8.80. The van der Waals surface area contributed by atoms with Gasteiger partial charge in [0.1, 0.15) is 5.03 Å². The van der Waals surface area contributed by atoms with Crippen LogP contribution in [0.1, 0.15) is 0 Å². The zero-order chi connectivity index (χ0) is 13.1. The minimum Gasteiger partial charge on any atom is -0.481 e. The first kappa shape index (κ1) is 13.3. The highest BCUT2D eigenvalue weighted by atomic mass is 35.5. The molecule has 1 aromatic heterocycles. The summed E-state index contributed by atoms with van der Waals surface area (Å²) < 4.78 is 5.02. The number of nitrogens with two attached hydrogens (primary N) is 1. The van der Waals surface area contributed by atoms with Crippen LogP contribution in [0.25, 0.3) is 0 Å². The Hall–Kier alpha value is -1.17. The molecule has 2 N–H and O–H groups in total. The third kappa shape index (κ3) is 3.19. The van der Waals surface area contributed by atoms with Crippen molar-refractivity contribution in [2.75, 3.05) is 12.8 Å². The summed E-state index contributed by atoms with van der Waals surface area (Å²) in [6.07, 6.45) is 0. The van der Waals surface area contributed by atoms with E-state index >= 15 is 0 Å². The van der Waals surface area contributed by atoms with Gasteiger partial charge in [-0.2, -0.15) is 4.98 Å². The first-order chi connectivity index (χ1) is 8.58. The van der Waals surface area contributed by atoms with Gasteiger partial charge in [0.15, 0.2) is 0 Å². The molecule has 0 bridgehead atoms. The maximum Gasteiger partial charge on any atom is 0.224 e. The highest BCUT2D eigenvalue weighted by molar-refractivity contribution is 7.99. The van der Waals surface area contributed by atoms with Crippen molar-refractivity contribution in [3.63, 3.8) is 0 Å². The zero-order valence-corrected chi connectivity index (χ0v) is 11.7. The molecule has 1 heterocycles. The van der Waals surface area contributed by atoms with Crippen molar-refractivity contribution in [2.24, 2.45) is 0 Å². The van der Waals surface area contributed by atoms with Crippen molar-refractivity contribution in [2.45, 2.75) is 9.92 Å². The van der Waals surface area contributed by atoms with E-state index in [-0.39, 0.29) is 5.95 Å². The standard InChI is InChI=1S/C11H9Cl2N3OS/c1-17-9-5-10(16-11(14)15-9)18-8-4-6(12)2-3-7(8)13/h2-5H,1H3,(H2,14,15,16). The second-order valence-corrected chi connectivity index (χ2v) is 5.19. The van der Waals surface area contributed by atoms with E-state index in [0.717, 1.165) is 4.90 Å². The molecule has 4 nitrogen and oxygen atoms in total. The Kier molecular flexibility index (Phi) is 4.16. The molecule has 0 aliphatic rings. The van der Waals surface area contributed by atoms with Gasteiger partial charge in [0.2, 0.25) is 11.8 Å². The van der Waals surface area contributed by atoms with Gasteiger partial charge in [-0.3, -0.25) is 0 Å². The van der Waals surface area contributed by atoms with E-state index in [4.69, 9.17) is 33.7 Å². The number of hydrogen-bond donors (Lipinski definition) is 1. The van der Waals surface area contributed by atoms with Gasteiger partial charge >= 0.3 is 0 Å². The van der Waals surface area contributed by atoms with Gasteiger partial charge in [-0.05, 0) is 18.2 Å². The van der Waals surface area contributed by atoms with Crippen molar-refractivity contribution in [1.29, 1.82) is 0 Å². The summed E-state index contributed by atoms with van der Waals surface area (Å²) >= 11 is 13.3. The Balaban J connectivity index is 2.33. The molecule has 18 heavy (non-hydrogen) atoms. The number of nitrogen functional groups attached to an aromatic ring is 1. The summed E-state index contributed by atoms with van der Waals surface area (Å²) in [5.41, 5.74) is 5.58. The van der Waals surface area contributed by atoms with E-state index < -0.39 is 0 Å². The van der Waals surface area contributed by atoms with Crippen LogP contribution in [0.15, 0.2) is 34.2 Å². The lowest BCUT2D eigenvalue weighted by Crippen LogP contribution is -1.98. The minimum atomic E-state index is 0.148. The molecule has 7 heteroatoms. The average molecular weight is 302 g/mol. The zero-order valence-electron chi connectivity index (χ0n) is 9.35. The highest BCUT2D eigenvalue weighted by Crippen LogP contribution is 2.35. The molecular weight excluding hydrogens is 293 g/mol. The molecule has 0 unspecified atom stereocenters. The Labute approximate surface area is 118 Å². The minimum absolute atomic E-state index is 0.148. The van der Waals surface area contributed by atoms with Crippen LogP contribution in [0, 0.1) is 0 Å². The van der Waals surface area contributed by atoms with E-state index in [2.05, 4.69) is 9.97 Å². The number of aromatic nitrogens is 2. The second-order valence-electron chi connectivity index (χ2n) is 3.28. The quantitative estimate of drug-likeness (QED) is 0.879. The van der Waals surface area contributed by atoms with Crippen molar-refractivity contribution >= 4 is 40.9 Å². The van der Waals surface area contributed by atoms with Gasteiger partial charge in [-0.1, -0.05) is 35.0 Å². The lowest BCUT2D eigenvalue weighted by atomic mass is 10.4. The van der Waals surface area contributed by atoms with Crippen LogP contribution < -0.4 is 10.5 Å². The first-order valence-electron chi connectivity index (χ1n) is 4.90. The second kappa shape index (κ2) is 5.65. The smallest absolute Gasteiger partial charge is 0.224 e. The molecule has 94 valence electrons. The summed E-state index contributed by atoms with van der Waals surface area (Å²) in [5, 5.41) is 1.85. The molecule has 0 amide bonds. The van der Waals surface area contributed by atoms with Crippen LogP contribution >= 0.6 is 35.0 Å². The van der Waals surface area contributed by atoms with Crippen molar-refractivity contribution in [3.05, 3.63) is 34.3 Å². The number of rotatable bonds is 3. The van der Waals surface area contributed by atoms with Crippen LogP contribution in [0.5, 0.6) is 5.88 Å². The summed E-state index contributed by atoms with van der Waals surface area (Å²) in [5.74, 6) is 0.554. The van der Waals surface area contributed by atoms with Gasteiger partial charge in [0, 0.05) is 16.0 Å². The van der Waals surface area contributed by atoms with Gasteiger partial charge < -0.3 is 10.5 Å². The van der Waals surface area contributed by atoms with Crippen LogP contribution in [0.4, 0.5) is 5.95 Å². The van der Waals surface area contributed by atoms with Gasteiger partial charge in [-0.25, -0.2) is 4.98 Å². The van der Waals surface area contributed by atoms with Crippen molar-refractivity contribution in [1.82, 2.24) is 9.97 Å². The van der Waals surface area contributed by atoms with Crippen molar-refractivity contribution in [3.8, 4) is 5.88 Å². The lowest BCUT2D eigenvalue weighted by molar-refractivity contribution is 0.396. The fraction of sp³-hybridized carbons (Fsp3) is 0.0909. The van der Waals surface area contributed by atoms with Gasteiger partial charge in [0.05, 0.1) is 12.1 Å². The lowest BCUT2D eigenvalue weighted by Gasteiger charge is -2.06. The SMILES string of the molecule is COc1cc(Sc2cc(Cl)ccc2Cl)nc(N)n1. The molecule has 0 spiro atoms. The molecule has 0 fully saturated rings. The third-order valence-corrected chi connectivity index (χ3v) is 3.67. The molecule has 0 radical (unpaired) electrons. The number of anilines is 1. The van der Waals surface area contributed by atoms with Crippen LogP contribution in [-0.2, 0) is 0 Å². The van der Waals surface area contributed by atoms with Crippen LogP contribution in [0.2, 0.25) is 10.0 Å². The number of hydrogen-bond acceptors (Lipinski definition) is 5. The number of methoxy groups -OCH3 is 1. The van der Waals surface area contributed by atoms with Crippen LogP contribution in [0.3, 0.4) is 0 Å². The highest BCUT2D eigenvalue weighted by Gasteiger charge is 2.08. The van der Waals surface area contributed by atoms with E-state index in [1.807, 2.05) is 0 Å². The van der Waals surface area contributed by atoms with Gasteiger partial charge in [-0.15, -0.1) is 0 Å². The maximum atomic E-state index is 6.07. The molecular formula is C11H9Cl2N3OS. The number of ether oxygens (including phenoxy) is 1. The van der Waals surface area contributed by atoms with Gasteiger partial charge in [0.25, 0.3) is 0 Å². The topological polar surface area (TPSA) is 61.0 Å². The van der Waals surface area contributed by atoms with E-state index in [9.17, 15) is 0 Å². The molecule has 0 aliphatic carbocycles. The maximum absolute atomic E-state index is 6.07. The molecule has 0 saturated heterocycles. The van der Waals surface area contributed by atoms with Crippen LogP contribution in [-0.4, -0.2) is 17.1 Å². The molecule has 2 rings (SSSR count). The Morgan fingerprint density at radius 3 is 2.72 bits per heavy atom. The number of benzene rings is 1. The largest absolute Gasteiger partial charge is 0.481 e. The fourth-order valence-electron chi connectivity index (χ4n) is 1.25. The Bertz CT molecular complexity index is 580. The monoisotopic (exact) mass is 301 g/mol.